The van der Waals surface area contributed by atoms with Crippen molar-refractivity contribution in [1.29, 1.82) is 0 Å². The first-order chi connectivity index (χ1) is 9.33. The molecule has 0 radical (unpaired) electrons. The maximum atomic E-state index is 9.95. The van der Waals surface area contributed by atoms with Crippen molar-refractivity contribution < 1.29 is 5.11 Å². The fourth-order valence-corrected chi connectivity index (χ4v) is 2.70. The molecule has 3 heterocycles. The Morgan fingerprint density at radius 3 is 3.11 bits per heavy atom. The smallest absolute Gasteiger partial charge is 0.137 e. The molecule has 4 nitrogen and oxygen atoms in total. The molecule has 0 saturated carbocycles. The zero-order valence-corrected chi connectivity index (χ0v) is 11.2. The van der Waals surface area contributed by atoms with E-state index in [9.17, 15) is 5.11 Å². The van der Waals surface area contributed by atoms with Crippen LogP contribution < -0.4 is 5.32 Å². The van der Waals surface area contributed by atoms with Crippen molar-refractivity contribution in [3.05, 3.63) is 58.7 Å². The van der Waals surface area contributed by atoms with Crippen LogP contribution in [0.1, 0.15) is 17.4 Å². The number of nitrogens with zero attached hydrogens (tertiary/aromatic N) is 2. The van der Waals surface area contributed by atoms with Crippen LogP contribution in [0.3, 0.4) is 0 Å². The van der Waals surface area contributed by atoms with Gasteiger partial charge in [-0.2, -0.15) is 11.3 Å². The Morgan fingerprint density at radius 1 is 1.37 bits per heavy atom. The van der Waals surface area contributed by atoms with Crippen molar-refractivity contribution in [1.82, 2.24) is 14.7 Å². The van der Waals surface area contributed by atoms with Crippen molar-refractivity contribution in [2.45, 2.75) is 12.6 Å². The van der Waals surface area contributed by atoms with Crippen LogP contribution in [0.5, 0.6) is 0 Å². The summed E-state index contributed by atoms with van der Waals surface area (Å²) < 4.78 is 1.99. The van der Waals surface area contributed by atoms with Gasteiger partial charge in [-0.25, -0.2) is 4.98 Å². The Bertz CT molecular complexity index is 615. The Balaban J connectivity index is 1.57. The number of aliphatic hydroxyl groups excluding tert-OH is 1. The molecule has 1 unspecified atom stereocenters. The zero-order valence-electron chi connectivity index (χ0n) is 10.4. The number of pyridine rings is 1. The molecule has 5 heteroatoms. The molecule has 3 aromatic rings. The van der Waals surface area contributed by atoms with E-state index < -0.39 is 6.10 Å². The molecular weight excluding hydrogens is 258 g/mol. The number of aliphatic hydroxyl groups is 1. The molecule has 0 aliphatic heterocycles. The maximum absolute atomic E-state index is 9.95. The molecule has 0 aliphatic rings. The molecule has 3 aromatic heterocycles. The summed E-state index contributed by atoms with van der Waals surface area (Å²) in [5.41, 5.74) is 2.88. The molecular formula is C14H15N3OS. The van der Waals surface area contributed by atoms with Gasteiger partial charge in [0.2, 0.25) is 0 Å². The highest BCUT2D eigenvalue weighted by atomic mass is 32.1. The van der Waals surface area contributed by atoms with Gasteiger partial charge >= 0.3 is 0 Å². The first-order valence-corrected chi connectivity index (χ1v) is 7.11. The summed E-state index contributed by atoms with van der Waals surface area (Å²) in [4.78, 5) is 4.49. The standard InChI is InChI=1S/C14H15N3OS/c18-13(11-4-6-19-10-11)8-15-7-12-9-17-5-2-1-3-14(17)16-12/h1-6,9-10,13,15,18H,7-8H2. The lowest BCUT2D eigenvalue weighted by Gasteiger charge is -2.09. The highest BCUT2D eigenvalue weighted by Gasteiger charge is 2.07. The minimum atomic E-state index is -0.455. The maximum Gasteiger partial charge on any atom is 0.137 e. The van der Waals surface area contributed by atoms with Crippen LogP contribution in [0, 0.1) is 0 Å². The number of nitrogens with one attached hydrogen (secondary N) is 1. The van der Waals surface area contributed by atoms with E-state index in [-0.39, 0.29) is 0 Å². The largest absolute Gasteiger partial charge is 0.387 e. The van der Waals surface area contributed by atoms with Gasteiger partial charge in [0, 0.05) is 25.5 Å². The second-order valence-electron chi connectivity index (χ2n) is 4.40. The average Bonchev–Trinajstić information content (AvgIpc) is 3.07. The number of fused-ring (bicyclic) bond motifs is 1. The van der Waals surface area contributed by atoms with Crippen LogP contribution in [-0.4, -0.2) is 21.0 Å². The predicted octanol–water partition coefficient (Wildman–Crippen LogP) is 2.22. The van der Waals surface area contributed by atoms with E-state index in [1.54, 1.807) is 11.3 Å². The lowest BCUT2D eigenvalue weighted by Crippen LogP contribution is -2.20. The van der Waals surface area contributed by atoms with E-state index in [4.69, 9.17) is 0 Å². The second-order valence-corrected chi connectivity index (χ2v) is 5.18. The zero-order chi connectivity index (χ0) is 13.1. The van der Waals surface area contributed by atoms with Gasteiger partial charge in [0.05, 0.1) is 11.8 Å². The molecule has 2 N–H and O–H groups in total. The van der Waals surface area contributed by atoms with Crippen LogP contribution in [0.25, 0.3) is 5.65 Å². The van der Waals surface area contributed by atoms with Crippen LogP contribution in [-0.2, 0) is 6.54 Å². The summed E-state index contributed by atoms with van der Waals surface area (Å²) >= 11 is 1.60. The molecule has 3 rings (SSSR count). The van der Waals surface area contributed by atoms with E-state index >= 15 is 0 Å². The Kier molecular flexibility index (Phi) is 3.59. The number of hydrogen-bond acceptors (Lipinski definition) is 4. The van der Waals surface area contributed by atoms with Gasteiger partial charge in [0.15, 0.2) is 0 Å². The van der Waals surface area contributed by atoms with Crippen LogP contribution in [0.4, 0.5) is 0 Å². The quantitative estimate of drug-likeness (QED) is 0.749. The molecule has 0 bridgehead atoms. The van der Waals surface area contributed by atoms with Crippen molar-refractivity contribution in [3.8, 4) is 0 Å². The average molecular weight is 273 g/mol. The Hall–Kier alpha value is -1.69. The third-order valence-corrected chi connectivity index (χ3v) is 3.69. The molecule has 0 amide bonds. The van der Waals surface area contributed by atoms with Crippen molar-refractivity contribution in [2.24, 2.45) is 0 Å². The van der Waals surface area contributed by atoms with Crippen molar-refractivity contribution in [2.75, 3.05) is 6.54 Å². The molecule has 0 aliphatic carbocycles. The fraction of sp³-hybridized carbons (Fsp3) is 0.214. The van der Waals surface area contributed by atoms with Crippen LogP contribution in [0.15, 0.2) is 47.4 Å². The van der Waals surface area contributed by atoms with E-state index in [1.165, 1.54) is 0 Å². The monoisotopic (exact) mass is 273 g/mol. The molecule has 0 saturated heterocycles. The summed E-state index contributed by atoms with van der Waals surface area (Å²) in [6.45, 7) is 1.19. The molecule has 19 heavy (non-hydrogen) atoms. The molecule has 1 atom stereocenters. The topological polar surface area (TPSA) is 49.6 Å². The highest BCUT2D eigenvalue weighted by molar-refractivity contribution is 7.07. The lowest BCUT2D eigenvalue weighted by molar-refractivity contribution is 0.174. The van der Waals surface area contributed by atoms with E-state index in [0.717, 1.165) is 16.9 Å². The number of thiophene rings is 1. The number of imidazole rings is 1. The van der Waals surface area contributed by atoms with Crippen molar-refractivity contribution in [3.63, 3.8) is 0 Å². The lowest BCUT2D eigenvalue weighted by atomic mass is 10.2. The molecule has 0 spiro atoms. The minimum Gasteiger partial charge on any atom is -0.387 e. The third-order valence-electron chi connectivity index (χ3n) is 2.99. The third kappa shape index (κ3) is 2.84. The number of hydrogen-bond donors (Lipinski definition) is 2. The van der Waals surface area contributed by atoms with Gasteiger partial charge in [0.1, 0.15) is 5.65 Å². The Morgan fingerprint density at radius 2 is 2.32 bits per heavy atom. The summed E-state index contributed by atoms with van der Waals surface area (Å²) in [5, 5.41) is 17.1. The van der Waals surface area contributed by atoms with Gasteiger partial charge in [0.25, 0.3) is 0 Å². The summed E-state index contributed by atoms with van der Waals surface area (Å²) in [5.74, 6) is 0. The number of aromatic nitrogens is 2. The van der Waals surface area contributed by atoms with Gasteiger partial charge < -0.3 is 14.8 Å². The molecule has 98 valence electrons. The Labute approximate surface area is 115 Å². The fourth-order valence-electron chi connectivity index (χ4n) is 1.99. The summed E-state index contributed by atoms with van der Waals surface area (Å²) in [6.07, 6.45) is 3.52. The number of rotatable bonds is 5. The second kappa shape index (κ2) is 5.52. The van der Waals surface area contributed by atoms with Gasteiger partial charge in [-0.3, -0.25) is 0 Å². The van der Waals surface area contributed by atoms with Gasteiger partial charge in [-0.1, -0.05) is 6.07 Å². The van der Waals surface area contributed by atoms with Crippen molar-refractivity contribution >= 4 is 17.0 Å². The SMILES string of the molecule is OC(CNCc1cn2ccccc2n1)c1ccsc1. The van der Waals surface area contributed by atoms with Crippen LogP contribution >= 0.6 is 11.3 Å². The minimum absolute atomic E-state index is 0.455. The summed E-state index contributed by atoms with van der Waals surface area (Å²) in [6, 6.07) is 7.87. The van der Waals surface area contributed by atoms with E-state index in [0.29, 0.717) is 13.1 Å². The predicted molar refractivity (Wildman–Crippen MR) is 76.2 cm³/mol. The normalized spacial score (nSPS) is 12.9. The first-order valence-electron chi connectivity index (χ1n) is 6.16. The van der Waals surface area contributed by atoms with Gasteiger partial charge in [-0.05, 0) is 34.5 Å². The summed E-state index contributed by atoms with van der Waals surface area (Å²) in [7, 11) is 0. The highest BCUT2D eigenvalue weighted by Crippen LogP contribution is 2.15. The van der Waals surface area contributed by atoms with Gasteiger partial charge in [-0.15, -0.1) is 0 Å². The van der Waals surface area contributed by atoms with E-state index in [1.807, 2.05) is 51.8 Å². The molecule has 0 aromatic carbocycles. The first kappa shape index (κ1) is 12.3. The van der Waals surface area contributed by atoms with E-state index in [2.05, 4.69) is 10.3 Å². The molecule has 0 fully saturated rings. The van der Waals surface area contributed by atoms with Crippen LogP contribution in [0.2, 0.25) is 0 Å².